The Morgan fingerprint density at radius 3 is 1.17 bits per heavy atom. The van der Waals surface area contributed by atoms with E-state index in [1.165, 1.54) is 34.8 Å². The number of thiophene rings is 2. The predicted octanol–water partition coefficient (Wildman–Crippen LogP) is 5.36. The Morgan fingerprint density at radius 2 is 0.846 bits per heavy atom. The largest absolute Gasteiger partial charge is 0.343 e. The zero-order valence-corrected chi connectivity index (χ0v) is 28.6. The maximum atomic E-state index is 13.8. The summed E-state index contributed by atoms with van der Waals surface area (Å²) >= 11 is 2.87. The van der Waals surface area contributed by atoms with Crippen molar-refractivity contribution in [2.75, 3.05) is 0 Å². The van der Waals surface area contributed by atoms with Crippen LogP contribution < -0.4 is 21.1 Å². The molecule has 12 heteroatoms. The molecule has 0 amide bonds. The zero-order valence-electron chi connectivity index (χ0n) is 26.9. The number of fused-ring (bicyclic) bond motifs is 9. The number of halogens is 4. The van der Waals surface area contributed by atoms with Crippen LogP contribution in [0.1, 0.15) is 51.2 Å². The molecule has 0 aliphatic heterocycles. The van der Waals surface area contributed by atoms with Crippen LogP contribution in [0.25, 0.3) is 56.9 Å². The van der Waals surface area contributed by atoms with Crippen LogP contribution in [-0.4, -0.2) is 32.3 Å². The topological polar surface area (TPSA) is 78.1 Å². The normalized spacial score (nSPS) is 18.5. The molecule has 4 heterocycles. The van der Waals surface area contributed by atoms with E-state index in [-0.39, 0.29) is 45.2 Å². The number of hydrogen-bond donors (Lipinski definition) is 0. The third-order valence-corrected chi connectivity index (χ3v) is 12.7. The summed E-state index contributed by atoms with van der Waals surface area (Å²) in [5.74, 6) is -7.17. The first-order valence-electron chi connectivity index (χ1n) is 16.1. The van der Waals surface area contributed by atoms with E-state index in [4.69, 9.17) is 0 Å². The Kier molecular flexibility index (Phi) is 6.23. The van der Waals surface area contributed by atoms with Crippen LogP contribution in [-0.2, 0) is 14.1 Å². The fraction of sp³-hybridized carbons (Fsp3) is 0.100. The van der Waals surface area contributed by atoms with Crippen LogP contribution in [0.2, 0.25) is 0 Å². The number of Topliss-reactive ketones (excluding diaryl/α,β-unsaturated/α-hetero) is 4. The van der Waals surface area contributed by atoms with E-state index in [9.17, 15) is 36.7 Å². The Morgan fingerprint density at radius 1 is 0.519 bits per heavy atom. The molecule has 2 unspecified atom stereocenters. The van der Waals surface area contributed by atoms with Gasteiger partial charge in [-0.05, 0) is 48.6 Å². The van der Waals surface area contributed by atoms with Crippen LogP contribution in [0.5, 0.6) is 0 Å². The number of aromatic nitrogens is 2. The van der Waals surface area contributed by atoms with Gasteiger partial charge >= 0.3 is 0 Å². The number of ketones is 4. The number of rotatable bonds is 2. The summed E-state index contributed by atoms with van der Waals surface area (Å²) in [5.41, 5.74) is 1.03. The van der Waals surface area contributed by atoms with Crippen LogP contribution in [0, 0.1) is 35.1 Å². The fourth-order valence-corrected chi connectivity index (χ4v) is 10.2. The van der Waals surface area contributed by atoms with Gasteiger partial charge in [-0.3, -0.25) is 19.2 Å². The average Bonchev–Trinajstić information content (AvgIpc) is 3.93. The van der Waals surface area contributed by atoms with E-state index in [0.717, 1.165) is 65.8 Å². The molecule has 6 nitrogen and oxygen atoms in total. The van der Waals surface area contributed by atoms with Crippen molar-refractivity contribution in [1.29, 1.82) is 0 Å². The molecule has 0 fully saturated rings. The molecule has 4 aromatic heterocycles. The molecule has 52 heavy (non-hydrogen) atoms. The first-order chi connectivity index (χ1) is 24.9. The molecule has 2 aromatic carbocycles. The summed E-state index contributed by atoms with van der Waals surface area (Å²) in [6.45, 7) is 0. The highest BCUT2D eigenvalue weighted by atomic mass is 32.1. The minimum Gasteiger partial charge on any atom is -0.343 e. The average molecular weight is 733 g/mol. The second-order valence-corrected chi connectivity index (χ2v) is 15.5. The molecule has 254 valence electrons. The van der Waals surface area contributed by atoms with Crippen molar-refractivity contribution in [2.24, 2.45) is 25.9 Å². The lowest BCUT2D eigenvalue weighted by Gasteiger charge is -2.21. The molecular weight excluding hydrogens is 713 g/mol. The van der Waals surface area contributed by atoms with Crippen LogP contribution >= 0.6 is 22.7 Å². The van der Waals surface area contributed by atoms with Gasteiger partial charge in [0.15, 0.2) is 46.4 Å². The van der Waals surface area contributed by atoms with Gasteiger partial charge in [0.25, 0.3) is 0 Å². The number of carbonyl (C=O) groups is 4. The van der Waals surface area contributed by atoms with Crippen molar-refractivity contribution in [1.82, 2.24) is 9.13 Å². The minimum absolute atomic E-state index is 0.0316. The van der Waals surface area contributed by atoms with Crippen LogP contribution in [0.4, 0.5) is 17.6 Å². The van der Waals surface area contributed by atoms with Gasteiger partial charge in [-0.1, -0.05) is 24.3 Å². The van der Waals surface area contributed by atoms with Gasteiger partial charge in [-0.2, -0.15) is 0 Å². The number of aryl methyl sites for hydroxylation is 2. The Bertz CT molecular complexity index is 2840. The Hall–Kier alpha value is -5.72. The van der Waals surface area contributed by atoms with E-state index in [1.54, 1.807) is 0 Å². The van der Waals surface area contributed by atoms with E-state index < -0.39 is 46.4 Å². The molecule has 0 saturated heterocycles. The van der Waals surface area contributed by atoms with Crippen molar-refractivity contribution >= 4 is 103 Å². The number of nitrogens with zero attached hydrogens (tertiary/aromatic N) is 2. The summed E-state index contributed by atoms with van der Waals surface area (Å²) in [5, 5.41) is 4.12. The molecule has 0 spiro atoms. The maximum absolute atomic E-state index is 13.8. The summed E-state index contributed by atoms with van der Waals surface area (Å²) in [6, 6.07) is 6.91. The van der Waals surface area contributed by atoms with Crippen LogP contribution in [0.3, 0.4) is 0 Å². The van der Waals surface area contributed by atoms with E-state index >= 15 is 0 Å². The fourth-order valence-electron chi connectivity index (χ4n) is 7.87. The second-order valence-electron chi connectivity index (χ2n) is 13.3. The van der Waals surface area contributed by atoms with Crippen molar-refractivity contribution in [2.45, 2.75) is 0 Å². The molecule has 4 aliphatic rings. The van der Waals surface area contributed by atoms with Crippen molar-refractivity contribution in [3.63, 3.8) is 0 Å². The van der Waals surface area contributed by atoms with Gasteiger partial charge in [0, 0.05) is 79.1 Å². The first kappa shape index (κ1) is 31.1. The molecule has 0 bridgehead atoms. The molecule has 6 aromatic rings. The Labute approximate surface area is 297 Å². The highest BCUT2D eigenvalue weighted by Gasteiger charge is 2.36. The summed E-state index contributed by atoms with van der Waals surface area (Å²) < 4.78 is 61.5. The lowest BCUT2D eigenvalue weighted by molar-refractivity contribution is 0.0975. The van der Waals surface area contributed by atoms with Crippen molar-refractivity contribution < 1.29 is 36.7 Å². The van der Waals surface area contributed by atoms with Gasteiger partial charge in [-0.25, -0.2) is 17.6 Å². The number of carbonyl (C=O) groups excluding carboxylic acids is 4. The molecule has 4 aliphatic carbocycles. The molecule has 0 N–H and O–H groups in total. The quantitative estimate of drug-likeness (QED) is 0.137. The third-order valence-electron chi connectivity index (χ3n) is 10.5. The molecular formula is C40H20F4N2O4S2. The van der Waals surface area contributed by atoms with E-state index in [0.29, 0.717) is 9.75 Å². The lowest BCUT2D eigenvalue weighted by atomic mass is 9.84. The molecule has 10 rings (SSSR count). The molecule has 0 radical (unpaired) electrons. The van der Waals surface area contributed by atoms with Crippen LogP contribution in [0.15, 0.2) is 47.5 Å². The number of hydrogen-bond acceptors (Lipinski definition) is 6. The van der Waals surface area contributed by atoms with Gasteiger partial charge in [0.1, 0.15) is 0 Å². The minimum atomic E-state index is -1.18. The second kappa shape index (κ2) is 10.4. The number of allylic oxidation sites excluding steroid dienone is 2. The van der Waals surface area contributed by atoms with Gasteiger partial charge in [0.05, 0.1) is 31.6 Å². The van der Waals surface area contributed by atoms with Crippen molar-refractivity contribution in [3.8, 4) is 0 Å². The van der Waals surface area contributed by atoms with Crippen molar-refractivity contribution in [3.05, 3.63) is 124 Å². The molecule has 0 saturated carbocycles. The monoisotopic (exact) mass is 732 g/mol. The van der Waals surface area contributed by atoms with Gasteiger partial charge < -0.3 is 9.13 Å². The maximum Gasteiger partial charge on any atom is 0.197 e. The summed E-state index contributed by atoms with van der Waals surface area (Å²) in [6.07, 6.45) is 11.9. The first-order valence-corrected chi connectivity index (χ1v) is 17.8. The smallest absolute Gasteiger partial charge is 0.197 e. The highest BCUT2D eigenvalue weighted by Crippen LogP contribution is 2.35. The third kappa shape index (κ3) is 4.10. The Balaban J connectivity index is 1.02. The van der Waals surface area contributed by atoms with E-state index in [2.05, 4.69) is 33.4 Å². The summed E-state index contributed by atoms with van der Waals surface area (Å²) in [7, 11) is 3.90. The zero-order chi connectivity index (χ0) is 36.1. The predicted molar refractivity (Wildman–Crippen MR) is 191 cm³/mol. The SMILES string of the molecule is Cn1c2c(c3sc(C=C4C(=O)c5cc(F)c(F)cc5C4=O)cc31)=CC1C=c3c(c4sc(C=C5C(=O)c6cc(F)c(F)cc6C5=O)cc4n3C)=CC1C=2. The summed E-state index contributed by atoms with van der Waals surface area (Å²) in [4.78, 5) is 53.3. The molecule has 2 atom stereocenters. The van der Waals surface area contributed by atoms with Gasteiger partial charge in [0.2, 0.25) is 0 Å². The lowest BCUT2D eigenvalue weighted by Crippen LogP contribution is -2.39. The number of benzene rings is 2. The standard InChI is InChI=1S/C40H20F4N2O4S2/c1-45-31-5-15-4-24-32(46(2)34-10-18(52-40(24)34)8-26-37(49)21-13-29(43)30(44)14-22(21)38(26)50)6-16(15)3-23(31)39-33(45)9-17(51-39)7-25-35(47)19-11-27(41)28(42)12-20(19)36(25)48/h3-16H,1-2H3. The van der Waals surface area contributed by atoms with Gasteiger partial charge in [-0.15, -0.1) is 22.7 Å². The highest BCUT2D eigenvalue weighted by molar-refractivity contribution is 7.20. The van der Waals surface area contributed by atoms with E-state index in [1.807, 2.05) is 26.2 Å².